The van der Waals surface area contributed by atoms with Crippen LogP contribution in [-0.4, -0.2) is 49.5 Å². The number of rotatable bonds is 6. The second kappa shape index (κ2) is 9.46. The van der Waals surface area contributed by atoms with E-state index in [9.17, 15) is 18.0 Å². The second-order valence-corrected chi connectivity index (χ2v) is 10.1. The van der Waals surface area contributed by atoms with Crippen molar-refractivity contribution in [1.82, 2.24) is 8.87 Å². The number of pyridine rings is 1. The number of benzene rings is 2. The Labute approximate surface area is 192 Å². The lowest BCUT2D eigenvalue weighted by Gasteiger charge is -2.26. The van der Waals surface area contributed by atoms with Gasteiger partial charge in [0.05, 0.1) is 23.6 Å². The Morgan fingerprint density at radius 2 is 1.73 bits per heavy atom. The maximum Gasteiger partial charge on any atom is 0.251 e. The number of fused-ring (bicyclic) bond motifs is 1. The van der Waals surface area contributed by atoms with Gasteiger partial charge in [-0.05, 0) is 49.2 Å². The molecule has 0 unspecified atom stereocenters. The van der Waals surface area contributed by atoms with Crippen molar-refractivity contribution in [2.45, 2.75) is 31.7 Å². The van der Waals surface area contributed by atoms with E-state index in [2.05, 4.69) is 5.32 Å². The lowest BCUT2D eigenvalue weighted by atomic mass is 10.1. The molecule has 0 radical (unpaired) electrons. The Kier molecular flexibility index (Phi) is 6.64. The number of aryl methyl sites for hydroxylation is 3. The Morgan fingerprint density at radius 1 is 1.03 bits per heavy atom. The van der Waals surface area contributed by atoms with Gasteiger partial charge < -0.3 is 14.6 Å². The highest BCUT2D eigenvalue weighted by atomic mass is 32.2. The number of nitrogens with one attached hydrogen (secondary N) is 1. The highest BCUT2D eigenvalue weighted by Gasteiger charge is 2.26. The average Bonchev–Trinajstić information content (AvgIpc) is 2.80. The molecule has 0 saturated carbocycles. The zero-order valence-electron chi connectivity index (χ0n) is 18.7. The zero-order valence-corrected chi connectivity index (χ0v) is 19.5. The standard InChI is InChI=1S/C24H27N3O5S/c1-17-4-3-5-21-18(2)16-23(29)27(24(17)21)11-10-22(28)25-19-6-8-20(9-7-19)33(30,31)26-12-14-32-15-13-26/h3-9,16H,10-15H2,1-2H3,(H,25,28). The van der Waals surface area contributed by atoms with E-state index >= 15 is 0 Å². The van der Waals surface area contributed by atoms with Crippen LogP contribution < -0.4 is 10.9 Å². The van der Waals surface area contributed by atoms with Crippen molar-refractivity contribution in [1.29, 1.82) is 0 Å². The molecule has 1 N–H and O–H groups in total. The number of anilines is 1. The lowest BCUT2D eigenvalue weighted by molar-refractivity contribution is -0.116. The molecule has 174 valence electrons. The van der Waals surface area contributed by atoms with Gasteiger partial charge in [-0.15, -0.1) is 0 Å². The summed E-state index contributed by atoms with van der Waals surface area (Å²) in [5, 5.41) is 3.77. The van der Waals surface area contributed by atoms with Crippen LogP contribution in [0.4, 0.5) is 5.69 Å². The summed E-state index contributed by atoms with van der Waals surface area (Å²) in [5.41, 5.74) is 3.09. The second-order valence-electron chi connectivity index (χ2n) is 8.13. The summed E-state index contributed by atoms with van der Waals surface area (Å²) in [6, 6.07) is 13.6. The topological polar surface area (TPSA) is 97.7 Å². The number of carbonyl (C=O) groups is 1. The number of aromatic nitrogens is 1. The predicted octanol–water partition coefficient (Wildman–Crippen LogP) is 2.67. The van der Waals surface area contributed by atoms with Gasteiger partial charge in [0.15, 0.2) is 0 Å². The third-order valence-electron chi connectivity index (χ3n) is 5.85. The monoisotopic (exact) mass is 469 g/mol. The Hall–Kier alpha value is -3.01. The van der Waals surface area contributed by atoms with Crippen molar-refractivity contribution in [3.63, 3.8) is 0 Å². The van der Waals surface area contributed by atoms with Gasteiger partial charge in [-0.1, -0.05) is 18.2 Å². The van der Waals surface area contributed by atoms with Gasteiger partial charge in [0.2, 0.25) is 15.9 Å². The van der Waals surface area contributed by atoms with Crippen LogP contribution in [0.5, 0.6) is 0 Å². The van der Waals surface area contributed by atoms with Gasteiger partial charge in [-0.2, -0.15) is 4.31 Å². The SMILES string of the molecule is Cc1cc(=O)n(CCC(=O)Nc2ccc(S(=O)(=O)N3CCOCC3)cc2)c2c(C)cccc12. The van der Waals surface area contributed by atoms with Gasteiger partial charge >= 0.3 is 0 Å². The molecule has 8 nitrogen and oxygen atoms in total. The molecular formula is C24H27N3O5S. The molecule has 0 atom stereocenters. The van der Waals surface area contributed by atoms with Crippen LogP contribution in [-0.2, 0) is 26.1 Å². The summed E-state index contributed by atoms with van der Waals surface area (Å²) >= 11 is 0. The molecule has 1 aliphatic rings. The first-order valence-electron chi connectivity index (χ1n) is 10.8. The van der Waals surface area contributed by atoms with E-state index in [4.69, 9.17) is 4.74 Å². The summed E-state index contributed by atoms with van der Waals surface area (Å²) in [4.78, 5) is 25.3. The number of amides is 1. The van der Waals surface area contributed by atoms with Gasteiger partial charge in [0.1, 0.15) is 0 Å². The van der Waals surface area contributed by atoms with Crippen molar-refractivity contribution >= 4 is 32.5 Å². The summed E-state index contributed by atoms with van der Waals surface area (Å²) < 4.78 is 33.7. The molecular weight excluding hydrogens is 442 g/mol. The first-order chi connectivity index (χ1) is 15.8. The lowest BCUT2D eigenvalue weighted by Crippen LogP contribution is -2.40. The van der Waals surface area contributed by atoms with E-state index in [0.29, 0.717) is 32.0 Å². The van der Waals surface area contributed by atoms with E-state index < -0.39 is 10.0 Å². The largest absolute Gasteiger partial charge is 0.379 e. The number of morpholine rings is 1. The molecule has 0 spiro atoms. The minimum absolute atomic E-state index is 0.111. The molecule has 1 saturated heterocycles. The zero-order chi connectivity index (χ0) is 23.6. The number of hydrogen-bond acceptors (Lipinski definition) is 5. The van der Waals surface area contributed by atoms with Gasteiger partial charge in [0, 0.05) is 43.2 Å². The quantitative estimate of drug-likeness (QED) is 0.599. The van der Waals surface area contributed by atoms with E-state index in [0.717, 1.165) is 22.0 Å². The molecule has 2 heterocycles. The molecule has 0 aliphatic carbocycles. The molecule has 1 aromatic heterocycles. The minimum Gasteiger partial charge on any atom is -0.379 e. The Bertz CT molecular complexity index is 1340. The molecule has 2 aromatic carbocycles. The van der Waals surface area contributed by atoms with E-state index in [-0.39, 0.29) is 29.3 Å². The summed E-state index contributed by atoms with van der Waals surface area (Å²) in [6.07, 6.45) is 0.111. The molecule has 3 aromatic rings. The summed E-state index contributed by atoms with van der Waals surface area (Å²) in [7, 11) is -3.58. The molecule has 1 amide bonds. The third kappa shape index (κ3) is 4.85. The van der Waals surface area contributed by atoms with E-state index in [1.165, 1.54) is 16.4 Å². The van der Waals surface area contributed by atoms with Crippen LogP contribution in [0.2, 0.25) is 0 Å². The van der Waals surface area contributed by atoms with Crippen LogP contribution in [0, 0.1) is 13.8 Å². The number of ether oxygens (including phenoxy) is 1. The fourth-order valence-corrected chi connectivity index (χ4v) is 5.50. The number of carbonyl (C=O) groups excluding carboxylic acids is 1. The third-order valence-corrected chi connectivity index (χ3v) is 7.76. The van der Waals surface area contributed by atoms with E-state index in [1.54, 1.807) is 22.8 Å². The number of nitrogens with zero attached hydrogens (tertiary/aromatic N) is 2. The highest BCUT2D eigenvalue weighted by molar-refractivity contribution is 7.89. The van der Waals surface area contributed by atoms with Crippen molar-refractivity contribution in [2.24, 2.45) is 0 Å². The average molecular weight is 470 g/mol. The van der Waals surface area contributed by atoms with Gasteiger partial charge in [-0.25, -0.2) is 8.42 Å². The van der Waals surface area contributed by atoms with Gasteiger partial charge in [0.25, 0.3) is 5.56 Å². The fourth-order valence-electron chi connectivity index (χ4n) is 4.09. The molecule has 0 bridgehead atoms. The first-order valence-corrected chi connectivity index (χ1v) is 12.3. The molecule has 1 aliphatic heterocycles. The molecule has 33 heavy (non-hydrogen) atoms. The van der Waals surface area contributed by atoms with E-state index in [1.807, 2.05) is 32.0 Å². The van der Waals surface area contributed by atoms with Crippen molar-refractivity contribution in [2.75, 3.05) is 31.6 Å². The molecule has 1 fully saturated rings. The first kappa shape index (κ1) is 23.2. The minimum atomic E-state index is -3.58. The molecule has 4 rings (SSSR count). The smallest absolute Gasteiger partial charge is 0.251 e. The fraction of sp³-hybridized carbons (Fsp3) is 0.333. The number of hydrogen-bond donors (Lipinski definition) is 1. The highest BCUT2D eigenvalue weighted by Crippen LogP contribution is 2.21. The Morgan fingerprint density at radius 3 is 2.42 bits per heavy atom. The van der Waals surface area contributed by atoms with Crippen LogP contribution in [0.25, 0.3) is 10.9 Å². The number of para-hydroxylation sites is 1. The van der Waals surface area contributed by atoms with Crippen molar-refractivity contribution < 1.29 is 17.9 Å². The predicted molar refractivity (Wildman–Crippen MR) is 127 cm³/mol. The maximum absolute atomic E-state index is 12.7. The molecule has 9 heteroatoms. The Balaban J connectivity index is 1.45. The maximum atomic E-state index is 12.7. The van der Waals surface area contributed by atoms with Crippen LogP contribution >= 0.6 is 0 Å². The van der Waals surface area contributed by atoms with Crippen molar-refractivity contribution in [3.8, 4) is 0 Å². The van der Waals surface area contributed by atoms with Crippen LogP contribution in [0.3, 0.4) is 0 Å². The van der Waals surface area contributed by atoms with Crippen LogP contribution in [0.1, 0.15) is 17.5 Å². The number of sulfonamides is 1. The normalized spacial score (nSPS) is 15.0. The van der Waals surface area contributed by atoms with Crippen LogP contribution in [0.15, 0.2) is 58.2 Å². The summed E-state index contributed by atoms with van der Waals surface area (Å²) in [5.74, 6) is -0.256. The summed E-state index contributed by atoms with van der Waals surface area (Å²) in [6.45, 7) is 5.52. The van der Waals surface area contributed by atoms with Gasteiger partial charge in [-0.3, -0.25) is 9.59 Å². The van der Waals surface area contributed by atoms with Crippen molar-refractivity contribution in [3.05, 3.63) is 70.0 Å².